The lowest BCUT2D eigenvalue weighted by Crippen LogP contribution is -1.86. The van der Waals surface area contributed by atoms with Crippen molar-refractivity contribution in [1.82, 2.24) is 4.98 Å². The van der Waals surface area contributed by atoms with Crippen molar-refractivity contribution in [2.24, 2.45) is 0 Å². The fourth-order valence-corrected chi connectivity index (χ4v) is 2.08. The molecule has 0 N–H and O–H groups in total. The van der Waals surface area contributed by atoms with Gasteiger partial charge in [-0.15, -0.1) is 11.8 Å². The zero-order valence-electron chi connectivity index (χ0n) is 7.75. The van der Waals surface area contributed by atoms with Gasteiger partial charge < -0.3 is 0 Å². The van der Waals surface area contributed by atoms with Gasteiger partial charge in [-0.3, -0.25) is 0 Å². The van der Waals surface area contributed by atoms with Crippen LogP contribution in [0.1, 0.15) is 11.3 Å². The van der Waals surface area contributed by atoms with Crippen molar-refractivity contribution in [2.75, 3.05) is 5.75 Å². The molecule has 0 saturated heterocycles. The zero-order valence-corrected chi connectivity index (χ0v) is 9.32. The highest BCUT2D eigenvalue weighted by molar-refractivity contribution is 7.99. The maximum absolute atomic E-state index is 5.42. The minimum atomic E-state index is 0.874. The van der Waals surface area contributed by atoms with Gasteiger partial charge in [0.25, 0.3) is 0 Å². The molecule has 0 aromatic carbocycles. The third kappa shape index (κ3) is 3.83. The Balaban J connectivity index is 2.66. The maximum Gasteiger partial charge on any atom is 0.0968 e. The lowest BCUT2D eigenvalue weighted by Gasteiger charge is -2.01. The summed E-state index contributed by atoms with van der Waals surface area (Å²) in [5.41, 5.74) is 3.86. The number of rotatable bonds is 3. The van der Waals surface area contributed by atoms with Crippen molar-refractivity contribution in [3.05, 3.63) is 35.0 Å². The largest absolute Gasteiger partial charge is 0.247 e. The molecule has 0 spiro atoms. The Kier molecular flexibility index (Phi) is 4.33. The summed E-state index contributed by atoms with van der Waals surface area (Å²) in [5.74, 6) is 0.874. The van der Waals surface area contributed by atoms with E-state index in [0.717, 1.165) is 16.5 Å². The van der Waals surface area contributed by atoms with E-state index >= 15 is 0 Å². The van der Waals surface area contributed by atoms with Gasteiger partial charge in [-0.1, -0.05) is 17.7 Å². The first-order valence-corrected chi connectivity index (χ1v) is 5.48. The van der Waals surface area contributed by atoms with E-state index in [-0.39, 0.29) is 0 Å². The van der Waals surface area contributed by atoms with Crippen LogP contribution in [0.4, 0.5) is 0 Å². The van der Waals surface area contributed by atoms with E-state index in [1.165, 1.54) is 11.1 Å². The van der Waals surface area contributed by atoms with Crippen molar-refractivity contribution in [2.45, 2.75) is 18.9 Å². The van der Waals surface area contributed by atoms with Gasteiger partial charge in [-0.25, -0.2) is 4.98 Å². The predicted molar refractivity (Wildman–Crippen MR) is 59.4 cm³/mol. The molecule has 0 aliphatic heterocycles. The normalized spacial score (nSPS) is 11.0. The molecular weight excluding hydrogens is 202 g/mol. The maximum atomic E-state index is 5.42. The highest BCUT2D eigenvalue weighted by atomic mass is 35.5. The zero-order chi connectivity index (χ0) is 9.68. The van der Waals surface area contributed by atoms with Crippen molar-refractivity contribution >= 4 is 23.4 Å². The summed E-state index contributed by atoms with van der Waals surface area (Å²) in [6.45, 7) is 4.09. The van der Waals surface area contributed by atoms with Gasteiger partial charge in [0, 0.05) is 17.0 Å². The van der Waals surface area contributed by atoms with Crippen LogP contribution >= 0.6 is 23.4 Å². The molecule has 0 fully saturated rings. The van der Waals surface area contributed by atoms with Crippen LogP contribution in [-0.2, 0) is 0 Å². The van der Waals surface area contributed by atoms with Crippen LogP contribution in [0.2, 0.25) is 0 Å². The van der Waals surface area contributed by atoms with E-state index in [1.54, 1.807) is 11.8 Å². The smallest absolute Gasteiger partial charge is 0.0968 e. The number of nitrogens with zero attached hydrogens (tertiary/aromatic N) is 1. The molecule has 1 aromatic heterocycles. The number of aryl methyl sites for hydroxylation is 2. The van der Waals surface area contributed by atoms with Crippen molar-refractivity contribution in [3.8, 4) is 0 Å². The number of thioether (sulfide) groups is 1. The molecule has 0 bridgehead atoms. The molecule has 0 saturated carbocycles. The fraction of sp³-hybridized carbons (Fsp3) is 0.300. The second kappa shape index (κ2) is 5.30. The lowest BCUT2D eigenvalue weighted by atomic mass is 10.3. The predicted octanol–water partition coefficient (Wildman–Crippen LogP) is 3.54. The summed E-state index contributed by atoms with van der Waals surface area (Å²) in [6, 6.07) is 4.15. The number of hydrogen-bond acceptors (Lipinski definition) is 2. The Morgan fingerprint density at radius 3 is 2.85 bits per heavy atom. The molecule has 0 radical (unpaired) electrons. The van der Waals surface area contributed by atoms with Crippen LogP contribution in [0.3, 0.4) is 0 Å². The summed E-state index contributed by atoms with van der Waals surface area (Å²) < 4.78 is 0. The van der Waals surface area contributed by atoms with Crippen LogP contribution in [-0.4, -0.2) is 10.7 Å². The summed E-state index contributed by atoms with van der Waals surface area (Å²) in [5, 5.41) is 1.06. The van der Waals surface area contributed by atoms with Crippen LogP contribution in [0.15, 0.2) is 28.8 Å². The Hall–Kier alpha value is -0.470. The molecule has 1 rings (SSSR count). The van der Waals surface area contributed by atoms with Crippen LogP contribution < -0.4 is 0 Å². The molecule has 1 aromatic rings. The van der Waals surface area contributed by atoms with Crippen molar-refractivity contribution in [1.29, 1.82) is 0 Å². The molecule has 1 heterocycles. The first-order valence-electron chi connectivity index (χ1n) is 4.05. The SMILES string of the molecule is Cc1cc(C)nc(SC/C=C/Cl)c1. The number of aromatic nitrogens is 1. The van der Waals surface area contributed by atoms with Gasteiger partial charge in [0.2, 0.25) is 0 Å². The van der Waals surface area contributed by atoms with E-state index in [4.69, 9.17) is 11.6 Å². The minimum absolute atomic E-state index is 0.874. The molecule has 13 heavy (non-hydrogen) atoms. The summed E-state index contributed by atoms with van der Waals surface area (Å²) in [4.78, 5) is 4.39. The summed E-state index contributed by atoms with van der Waals surface area (Å²) >= 11 is 7.11. The quantitative estimate of drug-likeness (QED) is 0.713. The monoisotopic (exact) mass is 213 g/mol. The first kappa shape index (κ1) is 10.6. The van der Waals surface area contributed by atoms with Gasteiger partial charge in [0.15, 0.2) is 0 Å². The summed E-state index contributed by atoms with van der Waals surface area (Å²) in [6.07, 6.45) is 1.91. The molecule has 3 heteroatoms. The molecule has 1 nitrogen and oxygen atoms in total. The fourth-order valence-electron chi connectivity index (χ4n) is 1.05. The van der Waals surface area contributed by atoms with Gasteiger partial charge in [-0.05, 0) is 31.5 Å². The second-order valence-electron chi connectivity index (χ2n) is 2.80. The molecule has 0 aliphatic carbocycles. The average molecular weight is 214 g/mol. The third-order valence-corrected chi connectivity index (χ3v) is 2.53. The Morgan fingerprint density at radius 2 is 2.23 bits per heavy atom. The highest BCUT2D eigenvalue weighted by Gasteiger charge is 1.96. The van der Waals surface area contributed by atoms with Gasteiger partial charge in [0.1, 0.15) is 0 Å². The Bertz CT molecular complexity index is 290. The summed E-state index contributed by atoms with van der Waals surface area (Å²) in [7, 11) is 0. The van der Waals surface area contributed by atoms with Crippen LogP contribution in [0, 0.1) is 13.8 Å². The van der Waals surface area contributed by atoms with E-state index in [9.17, 15) is 0 Å². The van der Waals surface area contributed by atoms with E-state index < -0.39 is 0 Å². The number of pyridine rings is 1. The average Bonchev–Trinajstić information content (AvgIpc) is 2.03. The standard InChI is InChI=1S/C10H12ClNS/c1-8-6-9(2)12-10(7-8)13-5-3-4-11/h3-4,6-7H,5H2,1-2H3/b4-3+. The minimum Gasteiger partial charge on any atom is -0.247 e. The first-order chi connectivity index (χ1) is 6.22. The topological polar surface area (TPSA) is 12.9 Å². The lowest BCUT2D eigenvalue weighted by molar-refractivity contribution is 1.05. The van der Waals surface area contributed by atoms with Gasteiger partial charge >= 0.3 is 0 Å². The van der Waals surface area contributed by atoms with Crippen molar-refractivity contribution in [3.63, 3.8) is 0 Å². The number of hydrogen-bond donors (Lipinski definition) is 0. The molecule has 70 valence electrons. The number of halogens is 1. The Morgan fingerprint density at radius 1 is 1.46 bits per heavy atom. The van der Waals surface area contributed by atoms with Crippen molar-refractivity contribution < 1.29 is 0 Å². The molecule has 0 aliphatic rings. The molecule has 0 atom stereocenters. The third-order valence-electron chi connectivity index (χ3n) is 1.49. The Labute approximate surface area is 88.2 Å². The second-order valence-corrected chi connectivity index (χ2v) is 4.09. The highest BCUT2D eigenvalue weighted by Crippen LogP contribution is 2.17. The van der Waals surface area contributed by atoms with Crippen LogP contribution in [0.25, 0.3) is 0 Å². The van der Waals surface area contributed by atoms with E-state index in [0.29, 0.717) is 0 Å². The van der Waals surface area contributed by atoms with Gasteiger partial charge in [-0.2, -0.15) is 0 Å². The molecule has 0 amide bonds. The molecule has 0 unspecified atom stereocenters. The van der Waals surface area contributed by atoms with Gasteiger partial charge in [0.05, 0.1) is 5.03 Å². The molecular formula is C10H12ClNS. The van der Waals surface area contributed by atoms with Crippen LogP contribution in [0.5, 0.6) is 0 Å². The van der Waals surface area contributed by atoms with E-state index in [2.05, 4.69) is 24.0 Å². The van der Waals surface area contributed by atoms with E-state index in [1.807, 2.05) is 13.0 Å².